The molecule has 8 heteroatoms. The van der Waals surface area contributed by atoms with Gasteiger partial charge in [-0.3, -0.25) is 9.48 Å². The molecule has 38 heavy (non-hydrogen) atoms. The molecule has 3 aromatic carbocycles. The van der Waals surface area contributed by atoms with E-state index in [1.807, 2.05) is 56.3 Å². The molecule has 0 saturated heterocycles. The summed E-state index contributed by atoms with van der Waals surface area (Å²) in [5.41, 5.74) is 5.04. The number of rotatable bonds is 9. The fourth-order valence-electron chi connectivity index (χ4n) is 4.08. The lowest BCUT2D eigenvalue weighted by Crippen LogP contribution is -2.10. The molecular weight excluding hydrogens is 505 g/mol. The molecule has 0 radical (unpaired) electrons. The molecule has 4 rings (SSSR count). The van der Waals surface area contributed by atoms with Crippen LogP contribution in [-0.2, 0) is 17.9 Å². The van der Waals surface area contributed by atoms with Gasteiger partial charge < -0.3 is 14.8 Å². The summed E-state index contributed by atoms with van der Waals surface area (Å²) in [6.45, 7) is 6.09. The Morgan fingerprint density at radius 3 is 2.63 bits per heavy atom. The quantitative estimate of drug-likeness (QED) is 0.238. The van der Waals surface area contributed by atoms with Crippen LogP contribution in [-0.4, -0.2) is 22.8 Å². The number of ether oxygens (including phenoxy) is 2. The number of carbonyl (C=O) groups excluding carboxylic acids is 1. The molecule has 1 N–H and O–H groups in total. The smallest absolute Gasteiger partial charge is 0.248 e. The molecule has 0 fully saturated rings. The highest BCUT2D eigenvalue weighted by molar-refractivity contribution is 6.31. The third kappa shape index (κ3) is 6.42. The molecule has 0 spiro atoms. The van der Waals surface area contributed by atoms with Gasteiger partial charge in [-0.1, -0.05) is 35.9 Å². The molecule has 0 unspecified atom stereocenters. The van der Waals surface area contributed by atoms with E-state index in [0.717, 1.165) is 22.4 Å². The van der Waals surface area contributed by atoms with E-state index in [2.05, 4.69) is 10.4 Å². The first-order valence-electron chi connectivity index (χ1n) is 12.1. The van der Waals surface area contributed by atoms with Gasteiger partial charge in [-0.2, -0.15) is 5.10 Å². The lowest BCUT2D eigenvalue weighted by atomic mass is 10.1. The van der Waals surface area contributed by atoms with Gasteiger partial charge in [-0.05, 0) is 74.4 Å². The van der Waals surface area contributed by atoms with Crippen LogP contribution in [0.5, 0.6) is 11.5 Å². The maximum atomic E-state index is 14.3. The van der Waals surface area contributed by atoms with Gasteiger partial charge in [0.05, 0.1) is 30.7 Å². The molecular formula is C30H29ClFN3O3. The highest BCUT2D eigenvalue weighted by Crippen LogP contribution is 2.26. The Kier molecular flexibility index (Phi) is 8.48. The number of carbonyl (C=O) groups is 1. The molecule has 1 amide bonds. The molecule has 0 aliphatic heterocycles. The van der Waals surface area contributed by atoms with E-state index in [1.165, 1.54) is 12.1 Å². The van der Waals surface area contributed by atoms with Crippen LogP contribution in [0, 0.1) is 26.6 Å². The first kappa shape index (κ1) is 26.9. The van der Waals surface area contributed by atoms with Crippen molar-refractivity contribution in [3.63, 3.8) is 0 Å². The number of methoxy groups -OCH3 is 1. The van der Waals surface area contributed by atoms with Gasteiger partial charge in [-0.15, -0.1) is 0 Å². The van der Waals surface area contributed by atoms with Crippen molar-refractivity contribution in [2.24, 2.45) is 0 Å². The molecule has 0 atom stereocenters. The average Bonchev–Trinajstić information content (AvgIpc) is 3.15. The van der Waals surface area contributed by atoms with Crippen molar-refractivity contribution in [1.29, 1.82) is 0 Å². The largest absolute Gasteiger partial charge is 0.496 e. The summed E-state index contributed by atoms with van der Waals surface area (Å²) < 4.78 is 27.3. The Balaban J connectivity index is 1.45. The van der Waals surface area contributed by atoms with Crippen molar-refractivity contribution in [3.8, 4) is 11.5 Å². The monoisotopic (exact) mass is 533 g/mol. The number of hydrogen-bond donors (Lipinski definition) is 1. The lowest BCUT2D eigenvalue weighted by molar-refractivity contribution is -0.111. The van der Waals surface area contributed by atoms with Crippen molar-refractivity contribution >= 4 is 29.3 Å². The minimum absolute atomic E-state index is 0.156. The lowest BCUT2D eigenvalue weighted by Gasteiger charge is -2.11. The second-order valence-electron chi connectivity index (χ2n) is 8.90. The van der Waals surface area contributed by atoms with E-state index in [1.54, 1.807) is 36.9 Å². The van der Waals surface area contributed by atoms with E-state index in [9.17, 15) is 9.18 Å². The van der Waals surface area contributed by atoms with Crippen LogP contribution in [0.1, 0.15) is 33.6 Å². The zero-order chi connectivity index (χ0) is 27.2. The number of aryl methyl sites for hydroxylation is 2. The van der Waals surface area contributed by atoms with Gasteiger partial charge in [0.1, 0.15) is 23.9 Å². The van der Waals surface area contributed by atoms with Gasteiger partial charge in [-0.25, -0.2) is 4.39 Å². The number of nitrogens with zero attached hydrogens (tertiary/aromatic N) is 2. The average molecular weight is 534 g/mol. The Labute approximate surface area is 226 Å². The number of amides is 1. The van der Waals surface area contributed by atoms with Gasteiger partial charge in [0.15, 0.2) is 0 Å². The van der Waals surface area contributed by atoms with Crippen molar-refractivity contribution in [1.82, 2.24) is 9.78 Å². The summed E-state index contributed by atoms with van der Waals surface area (Å²) >= 11 is 6.17. The molecule has 0 bridgehead atoms. The summed E-state index contributed by atoms with van der Waals surface area (Å²) in [6.07, 6.45) is 3.18. The van der Waals surface area contributed by atoms with E-state index >= 15 is 0 Å². The van der Waals surface area contributed by atoms with E-state index in [4.69, 9.17) is 21.1 Å². The molecule has 0 aliphatic carbocycles. The first-order chi connectivity index (χ1) is 18.2. The number of anilines is 1. The molecule has 0 saturated carbocycles. The second kappa shape index (κ2) is 12.0. The summed E-state index contributed by atoms with van der Waals surface area (Å²) in [4.78, 5) is 12.8. The van der Waals surface area contributed by atoms with Crippen LogP contribution in [0.15, 0.2) is 66.7 Å². The molecule has 196 valence electrons. The van der Waals surface area contributed by atoms with E-state index in [0.29, 0.717) is 40.0 Å². The molecule has 1 heterocycles. The van der Waals surface area contributed by atoms with Crippen LogP contribution in [0.3, 0.4) is 0 Å². The topological polar surface area (TPSA) is 65.4 Å². The van der Waals surface area contributed by atoms with Crippen molar-refractivity contribution < 1.29 is 18.7 Å². The van der Waals surface area contributed by atoms with E-state index < -0.39 is 5.82 Å². The van der Waals surface area contributed by atoms with Crippen LogP contribution >= 0.6 is 11.6 Å². The van der Waals surface area contributed by atoms with Crippen molar-refractivity contribution in [2.45, 2.75) is 33.9 Å². The normalized spacial score (nSPS) is 11.1. The standard InChI is InChI=1S/C30H29ClFN3O3/c1-19-7-5-8-24(15-19)38-18-23-16-22(11-13-28(23)37-4)12-14-29(36)33-30-20(2)34-35(21(30)3)17-25-26(31)9-6-10-27(25)32/h5-16H,17-18H2,1-4H3,(H,33,36)/b14-12+. The summed E-state index contributed by atoms with van der Waals surface area (Å²) in [5.74, 6) is 0.763. The third-order valence-electron chi connectivity index (χ3n) is 6.11. The summed E-state index contributed by atoms with van der Waals surface area (Å²) in [7, 11) is 1.61. The Morgan fingerprint density at radius 1 is 1.11 bits per heavy atom. The first-order valence-corrected chi connectivity index (χ1v) is 12.4. The van der Waals surface area contributed by atoms with Crippen LogP contribution in [0.2, 0.25) is 5.02 Å². The van der Waals surface area contributed by atoms with Crippen molar-refractivity contribution in [2.75, 3.05) is 12.4 Å². The van der Waals surface area contributed by atoms with E-state index in [-0.39, 0.29) is 12.5 Å². The second-order valence-corrected chi connectivity index (χ2v) is 9.31. The highest BCUT2D eigenvalue weighted by atomic mass is 35.5. The molecule has 0 aliphatic rings. The Bertz CT molecular complexity index is 1480. The number of benzene rings is 3. The number of halogens is 2. The fraction of sp³-hybridized carbons (Fsp3) is 0.200. The Hall–Kier alpha value is -4.10. The van der Waals surface area contributed by atoms with Crippen LogP contribution in [0.25, 0.3) is 6.08 Å². The predicted molar refractivity (Wildman–Crippen MR) is 148 cm³/mol. The number of nitrogens with one attached hydrogen (secondary N) is 1. The number of hydrogen-bond acceptors (Lipinski definition) is 4. The van der Waals surface area contributed by atoms with Crippen LogP contribution < -0.4 is 14.8 Å². The SMILES string of the molecule is COc1ccc(/C=C/C(=O)Nc2c(C)nn(Cc3c(F)cccc3Cl)c2C)cc1COc1cccc(C)c1. The fourth-order valence-corrected chi connectivity index (χ4v) is 4.31. The molecule has 1 aromatic heterocycles. The zero-order valence-corrected chi connectivity index (χ0v) is 22.5. The maximum Gasteiger partial charge on any atom is 0.248 e. The summed E-state index contributed by atoms with van der Waals surface area (Å²) in [6, 6.07) is 18.0. The molecule has 6 nitrogen and oxygen atoms in total. The zero-order valence-electron chi connectivity index (χ0n) is 21.7. The van der Waals surface area contributed by atoms with Crippen molar-refractivity contribution in [3.05, 3.63) is 111 Å². The van der Waals surface area contributed by atoms with Gasteiger partial charge in [0, 0.05) is 22.2 Å². The Morgan fingerprint density at radius 2 is 1.89 bits per heavy atom. The van der Waals surface area contributed by atoms with Crippen LogP contribution in [0.4, 0.5) is 10.1 Å². The summed E-state index contributed by atoms with van der Waals surface area (Å²) in [5, 5.41) is 7.68. The number of aromatic nitrogens is 2. The highest BCUT2D eigenvalue weighted by Gasteiger charge is 2.16. The minimum Gasteiger partial charge on any atom is -0.496 e. The molecule has 4 aromatic rings. The maximum absolute atomic E-state index is 14.3. The minimum atomic E-state index is -0.401. The predicted octanol–water partition coefficient (Wildman–Crippen LogP) is 6.89. The van der Waals surface area contributed by atoms with Gasteiger partial charge in [0.25, 0.3) is 0 Å². The third-order valence-corrected chi connectivity index (χ3v) is 6.47. The van der Waals surface area contributed by atoms with Gasteiger partial charge in [0.2, 0.25) is 5.91 Å². The van der Waals surface area contributed by atoms with Gasteiger partial charge >= 0.3 is 0 Å².